The van der Waals surface area contributed by atoms with E-state index in [1.807, 2.05) is 18.2 Å². The summed E-state index contributed by atoms with van der Waals surface area (Å²) in [5.41, 5.74) is 2.17. The number of allylic oxidation sites excluding steroid dienone is 1. The van der Waals surface area contributed by atoms with Gasteiger partial charge in [-0.15, -0.1) is 0 Å². The van der Waals surface area contributed by atoms with Gasteiger partial charge in [0.05, 0.1) is 11.2 Å². The van der Waals surface area contributed by atoms with E-state index in [2.05, 4.69) is 26.1 Å². The molecular formula is C11H9BrN2O2. The lowest BCUT2D eigenvalue weighted by Gasteiger charge is -1.96. The third kappa shape index (κ3) is 1.99. The van der Waals surface area contributed by atoms with Crippen LogP contribution >= 0.6 is 15.9 Å². The van der Waals surface area contributed by atoms with Gasteiger partial charge in [-0.05, 0) is 30.7 Å². The Balaban J connectivity index is 2.61. The zero-order valence-electron chi connectivity index (χ0n) is 8.49. The first-order valence-electron chi connectivity index (χ1n) is 4.63. The molecule has 0 atom stereocenters. The van der Waals surface area contributed by atoms with E-state index < -0.39 is 5.97 Å². The average molecular weight is 281 g/mol. The highest BCUT2D eigenvalue weighted by atomic mass is 79.9. The van der Waals surface area contributed by atoms with E-state index in [9.17, 15) is 4.79 Å². The van der Waals surface area contributed by atoms with Gasteiger partial charge in [0.1, 0.15) is 0 Å². The maximum Gasteiger partial charge on any atom is 0.328 e. The van der Waals surface area contributed by atoms with E-state index in [4.69, 9.17) is 5.11 Å². The number of benzene rings is 1. The third-order valence-electron chi connectivity index (χ3n) is 2.24. The van der Waals surface area contributed by atoms with Crippen molar-refractivity contribution in [2.24, 2.45) is 0 Å². The van der Waals surface area contributed by atoms with E-state index >= 15 is 0 Å². The van der Waals surface area contributed by atoms with E-state index in [-0.39, 0.29) is 0 Å². The number of aromatic amines is 1. The van der Waals surface area contributed by atoms with Crippen molar-refractivity contribution in [2.45, 2.75) is 6.92 Å². The Morgan fingerprint density at radius 3 is 3.00 bits per heavy atom. The number of fused-ring (bicyclic) bond motifs is 1. The standard InChI is InChI=1S/C11H9BrN2O2/c1-6(4-10(15)16)11-8-5-7(12)2-3-9(8)13-14-11/h2-5H,1H3,(H,13,14)(H,15,16)/b6-4-. The summed E-state index contributed by atoms with van der Waals surface area (Å²) in [5, 5.41) is 16.6. The van der Waals surface area contributed by atoms with Gasteiger partial charge in [0.25, 0.3) is 0 Å². The van der Waals surface area contributed by atoms with Gasteiger partial charge in [-0.3, -0.25) is 5.10 Å². The van der Waals surface area contributed by atoms with Gasteiger partial charge < -0.3 is 5.11 Å². The SMILES string of the molecule is C/C(=C/C(=O)O)c1n[nH]c2ccc(Br)cc12. The van der Waals surface area contributed by atoms with Gasteiger partial charge in [-0.2, -0.15) is 5.10 Å². The molecule has 0 aliphatic carbocycles. The molecule has 0 aliphatic heterocycles. The lowest BCUT2D eigenvalue weighted by Crippen LogP contribution is -1.90. The normalized spacial score (nSPS) is 12.0. The minimum atomic E-state index is -0.969. The first-order chi connectivity index (χ1) is 7.58. The van der Waals surface area contributed by atoms with Crippen LogP contribution in [0.15, 0.2) is 28.7 Å². The molecule has 0 amide bonds. The summed E-state index contributed by atoms with van der Waals surface area (Å²) in [5.74, 6) is -0.969. The van der Waals surface area contributed by atoms with Crippen LogP contribution in [0.4, 0.5) is 0 Å². The second-order valence-electron chi connectivity index (χ2n) is 3.43. The molecule has 4 nitrogen and oxygen atoms in total. The highest BCUT2D eigenvalue weighted by Crippen LogP contribution is 2.25. The number of carboxylic acid groups (broad SMARTS) is 1. The number of carboxylic acids is 1. The summed E-state index contributed by atoms with van der Waals surface area (Å²) in [6, 6.07) is 5.71. The van der Waals surface area contributed by atoms with Crippen molar-refractivity contribution in [1.82, 2.24) is 10.2 Å². The molecule has 1 heterocycles. The van der Waals surface area contributed by atoms with Crippen LogP contribution in [0.1, 0.15) is 12.6 Å². The summed E-state index contributed by atoms with van der Waals surface area (Å²) in [6.45, 7) is 1.73. The maximum atomic E-state index is 10.6. The fraction of sp³-hybridized carbons (Fsp3) is 0.0909. The number of aliphatic carboxylic acids is 1. The molecule has 2 aromatic rings. The van der Waals surface area contributed by atoms with Gasteiger partial charge in [0.2, 0.25) is 0 Å². The molecule has 0 unspecified atom stereocenters. The number of aromatic nitrogens is 2. The van der Waals surface area contributed by atoms with Crippen molar-refractivity contribution in [1.29, 1.82) is 0 Å². The quantitative estimate of drug-likeness (QED) is 0.832. The number of nitrogens with one attached hydrogen (secondary N) is 1. The van der Waals surface area contributed by atoms with E-state index in [0.717, 1.165) is 21.5 Å². The Kier molecular flexibility index (Phi) is 2.78. The molecule has 2 N–H and O–H groups in total. The van der Waals surface area contributed by atoms with Crippen LogP contribution < -0.4 is 0 Å². The lowest BCUT2D eigenvalue weighted by molar-refractivity contribution is -0.131. The Morgan fingerprint density at radius 2 is 2.31 bits per heavy atom. The molecule has 0 spiro atoms. The van der Waals surface area contributed by atoms with Crippen LogP contribution in [0, 0.1) is 0 Å². The van der Waals surface area contributed by atoms with Gasteiger partial charge >= 0.3 is 5.97 Å². The van der Waals surface area contributed by atoms with Crippen LogP contribution in [0.2, 0.25) is 0 Å². The molecule has 1 aromatic carbocycles. The molecule has 16 heavy (non-hydrogen) atoms. The first kappa shape index (κ1) is 10.9. The Labute approximate surface area is 100 Å². The van der Waals surface area contributed by atoms with E-state index in [0.29, 0.717) is 11.3 Å². The zero-order chi connectivity index (χ0) is 11.7. The average Bonchev–Trinajstić information content (AvgIpc) is 2.59. The van der Waals surface area contributed by atoms with Crippen LogP contribution in [0.5, 0.6) is 0 Å². The van der Waals surface area contributed by atoms with E-state index in [1.54, 1.807) is 6.92 Å². The molecule has 1 aromatic heterocycles. The molecule has 5 heteroatoms. The number of hydrogen-bond donors (Lipinski definition) is 2. The van der Waals surface area contributed by atoms with Crippen molar-refractivity contribution in [3.8, 4) is 0 Å². The number of nitrogens with zero attached hydrogens (tertiary/aromatic N) is 1. The summed E-state index contributed by atoms with van der Waals surface area (Å²) < 4.78 is 0.936. The summed E-state index contributed by atoms with van der Waals surface area (Å²) in [4.78, 5) is 10.6. The molecule has 0 saturated carbocycles. The Hall–Kier alpha value is -1.62. The highest BCUT2D eigenvalue weighted by molar-refractivity contribution is 9.10. The minimum Gasteiger partial charge on any atom is -0.478 e. The fourth-order valence-corrected chi connectivity index (χ4v) is 1.90. The molecule has 0 radical (unpaired) electrons. The van der Waals surface area contributed by atoms with Crippen LogP contribution in [-0.4, -0.2) is 21.3 Å². The molecule has 0 saturated heterocycles. The Morgan fingerprint density at radius 1 is 1.56 bits per heavy atom. The van der Waals surface area contributed by atoms with Crippen LogP contribution in [0.25, 0.3) is 16.5 Å². The van der Waals surface area contributed by atoms with Crippen molar-refractivity contribution in [3.05, 3.63) is 34.4 Å². The van der Waals surface area contributed by atoms with Crippen molar-refractivity contribution in [2.75, 3.05) is 0 Å². The van der Waals surface area contributed by atoms with Crippen molar-refractivity contribution in [3.63, 3.8) is 0 Å². The van der Waals surface area contributed by atoms with Gasteiger partial charge in [0.15, 0.2) is 0 Å². The number of H-pyrrole nitrogens is 1. The van der Waals surface area contributed by atoms with Gasteiger partial charge in [-0.1, -0.05) is 15.9 Å². The summed E-state index contributed by atoms with van der Waals surface area (Å²) >= 11 is 3.37. The molecule has 0 bridgehead atoms. The largest absolute Gasteiger partial charge is 0.478 e. The first-order valence-corrected chi connectivity index (χ1v) is 5.42. The predicted molar refractivity (Wildman–Crippen MR) is 65.1 cm³/mol. The molecule has 2 rings (SSSR count). The summed E-state index contributed by atoms with van der Waals surface area (Å²) in [7, 11) is 0. The predicted octanol–water partition coefficient (Wildman–Crippen LogP) is 2.81. The lowest BCUT2D eigenvalue weighted by atomic mass is 10.1. The monoisotopic (exact) mass is 280 g/mol. The fourth-order valence-electron chi connectivity index (χ4n) is 1.54. The number of carbonyl (C=O) groups is 1. The van der Waals surface area contributed by atoms with Crippen LogP contribution in [-0.2, 0) is 4.79 Å². The van der Waals surface area contributed by atoms with Gasteiger partial charge in [0, 0.05) is 15.9 Å². The second kappa shape index (κ2) is 4.09. The van der Waals surface area contributed by atoms with Crippen LogP contribution in [0.3, 0.4) is 0 Å². The highest BCUT2D eigenvalue weighted by Gasteiger charge is 2.08. The molecular weight excluding hydrogens is 272 g/mol. The maximum absolute atomic E-state index is 10.6. The minimum absolute atomic E-state index is 0.622. The summed E-state index contributed by atoms with van der Waals surface area (Å²) in [6.07, 6.45) is 1.15. The molecule has 0 aliphatic rings. The van der Waals surface area contributed by atoms with Gasteiger partial charge in [-0.25, -0.2) is 4.79 Å². The number of halogens is 1. The molecule has 0 fully saturated rings. The topological polar surface area (TPSA) is 66.0 Å². The Bertz CT molecular complexity index is 587. The van der Waals surface area contributed by atoms with E-state index in [1.165, 1.54) is 0 Å². The smallest absolute Gasteiger partial charge is 0.328 e. The number of rotatable bonds is 2. The number of hydrogen-bond acceptors (Lipinski definition) is 2. The second-order valence-corrected chi connectivity index (χ2v) is 4.34. The third-order valence-corrected chi connectivity index (χ3v) is 2.73. The zero-order valence-corrected chi connectivity index (χ0v) is 10.1. The van der Waals surface area contributed by atoms with Crippen molar-refractivity contribution < 1.29 is 9.90 Å². The van der Waals surface area contributed by atoms with Crippen molar-refractivity contribution >= 4 is 38.4 Å². The molecule has 82 valence electrons.